The summed E-state index contributed by atoms with van der Waals surface area (Å²) in [7, 11) is 0. The van der Waals surface area contributed by atoms with Gasteiger partial charge in [0.25, 0.3) is 0 Å². The van der Waals surface area contributed by atoms with E-state index in [9.17, 15) is 0 Å². The smallest absolute Gasteiger partial charge is 0.119 e. The van der Waals surface area contributed by atoms with Crippen molar-refractivity contribution in [1.29, 1.82) is 0 Å². The Morgan fingerprint density at radius 1 is 1.14 bits per heavy atom. The molecule has 1 heterocycles. The third kappa shape index (κ3) is 6.08. The van der Waals surface area contributed by atoms with Crippen molar-refractivity contribution in [2.24, 2.45) is 5.92 Å². The van der Waals surface area contributed by atoms with Crippen LogP contribution in [0.1, 0.15) is 32.0 Å². The molecule has 22 heavy (non-hydrogen) atoms. The molecular weight excluding hydrogens is 298 g/mol. The van der Waals surface area contributed by atoms with Crippen molar-refractivity contribution in [3.05, 3.63) is 47.8 Å². The monoisotopic (exact) mass is 323 g/mol. The largest absolute Gasteiger partial charge is 0.494 e. The summed E-state index contributed by atoms with van der Waals surface area (Å²) in [6.07, 6.45) is 2.05. The molecule has 1 aromatic heterocycles. The van der Waals surface area contributed by atoms with Crippen LogP contribution in [0.5, 0.6) is 5.75 Å². The average molecular weight is 324 g/mol. The molecule has 2 aromatic rings. The van der Waals surface area contributed by atoms with Gasteiger partial charge in [0.1, 0.15) is 5.75 Å². The van der Waals surface area contributed by atoms with Crippen molar-refractivity contribution in [3.63, 3.8) is 0 Å². The van der Waals surface area contributed by atoms with Crippen molar-refractivity contribution >= 4 is 12.4 Å². The lowest BCUT2D eigenvalue weighted by molar-refractivity contribution is 0.340. The summed E-state index contributed by atoms with van der Waals surface area (Å²) in [6, 6.07) is 10.3. The van der Waals surface area contributed by atoms with Crippen LogP contribution in [0.25, 0.3) is 0 Å². The first-order valence-electron chi connectivity index (χ1n) is 7.62. The lowest BCUT2D eigenvalue weighted by atomic mass is 10.2. The summed E-state index contributed by atoms with van der Waals surface area (Å²) in [5, 5.41) is 7.97. The van der Waals surface area contributed by atoms with Crippen LogP contribution in [0.15, 0.2) is 36.5 Å². The Labute approximate surface area is 139 Å². The van der Waals surface area contributed by atoms with Gasteiger partial charge in [-0.1, -0.05) is 26.0 Å². The van der Waals surface area contributed by atoms with Crippen molar-refractivity contribution in [1.82, 2.24) is 15.1 Å². The summed E-state index contributed by atoms with van der Waals surface area (Å²) >= 11 is 0. The first-order chi connectivity index (χ1) is 10.2. The van der Waals surface area contributed by atoms with Crippen LogP contribution in [0, 0.1) is 5.92 Å². The lowest BCUT2D eigenvalue weighted by Crippen LogP contribution is -2.14. The predicted molar refractivity (Wildman–Crippen MR) is 92.5 cm³/mol. The fourth-order valence-electron chi connectivity index (χ4n) is 2.18. The molecule has 0 amide bonds. The van der Waals surface area contributed by atoms with Gasteiger partial charge in [0.05, 0.1) is 12.3 Å². The maximum absolute atomic E-state index is 5.44. The molecule has 0 fully saturated rings. The first-order valence-corrected chi connectivity index (χ1v) is 7.62. The quantitative estimate of drug-likeness (QED) is 0.806. The second-order valence-corrected chi connectivity index (χ2v) is 5.60. The average Bonchev–Trinajstić information content (AvgIpc) is 2.88. The Morgan fingerprint density at radius 2 is 1.86 bits per heavy atom. The molecule has 0 unspecified atom stereocenters. The van der Waals surface area contributed by atoms with Gasteiger partial charge in [-0.3, -0.25) is 4.68 Å². The Kier molecular flexibility index (Phi) is 7.99. The molecular formula is C17H26ClN3O. The molecule has 122 valence electrons. The molecule has 0 atom stereocenters. The molecule has 5 heteroatoms. The predicted octanol–water partition coefficient (Wildman–Crippen LogP) is 3.65. The van der Waals surface area contributed by atoms with Crippen molar-refractivity contribution < 1.29 is 4.74 Å². The summed E-state index contributed by atoms with van der Waals surface area (Å²) in [4.78, 5) is 0. The number of hydrogen-bond donors (Lipinski definition) is 1. The third-order valence-corrected chi connectivity index (χ3v) is 3.12. The SMILES string of the molecule is CCOc1ccc(CNCc2ccn(CC(C)C)n2)cc1.Cl. The Morgan fingerprint density at radius 3 is 2.50 bits per heavy atom. The zero-order valence-corrected chi connectivity index (χ0v) is 14.4. The highest BCUT2D eigenvalue weighted by Crippen LogP contribution is 2.12. The molecule has 2 rings (SSSR count). The number of ether oxygens (including phenoxy) is 1. The van der Waals surface area contributed by atoms with Gasteiger partial charge in [-0.2, -0.15) is 5.10 Å². The molecule has 0 saturated heterocycles. The van der Waals surface area contributed by atoms with Gasteiger partial charge in [0.15, 0.2) is 0 Å². The maximum atomic E-state index is 5.44. The third-order valence-electron chi connectivity index (χ3n) is 3.12. The minimum atomic E-state index is 0. The van der Waals surface area contributed by atoms with Crippen LogP contribution in [-0.4, -0.2) is 16.4 Å². The maximum Gasteiger partial charge on any atom is 0.119 e. The molecule has 1 N–H and O–H groups in total. The van der Waals surface area contributed by atoms with Crippen molar-refractivity contribution in [2.75, 3.05) is 6.61 Å². The van der Waals surface area contributed by atoms with Crippen LogP contribution in [0.3, 0.4) is 0 Å². The molecule has 1 aromatic carbocycles. The topological polar surface area (TPSA) is 39.1 Å². The minimum absolute atomic E-state index is 0. The van der Waals surface area contributed by atoms with Gasteiger partial charge in [-0.05, 0) is 36.6 Å². The fourth-order valence-corrected chi connectivity index (χ4v) is 2.18. The lowest BCUT2D eigenvalue weighted by Gasteiger charge is -2.06. The molecule has 0 aliphatic rings. The number of aromatic nitrogens is 2. The number of benzene rings is 1. The summed E-state index contributed by atoms with van der Waals surface area (Å²) in [6.45, 7) is 9.70. The fraction of sp³-hybridized carbons (Fsp3) is 0.471. The highest BCUT2D eigenvalue weighted by Gasteiger charge is 2.01. The van der Waals surface area contributed by atoms with E-state index in [1.165, 1.54) is 5.56 Å². The van der Waals surface area contributed by atoms with E-state index >= 15 is 0 Å². The molecule has 0 bridgehead atoms. The second kappa shape index (κ2) is 9.49. The van der Waals surface area contributed by atoms with Crippen molar-refractivity contribution in [3.8, 4) is 5.75 Å². The van der Waals surface area contributed by atoms with Crippen molar-refractivity contribution in [2.45, 2.75) is 40.4 Å². The van der Waals surface area contributed by atoms with E-state index in [1.807, 2.05) is 29.9 Å². The van der Waals surface area contributed by atoms with Gasteiger partial charge in [0.2, 0.25) is 0 Å². The minimum Gasteiger partial charge on any atom is -0.494 e. The van der Waals surface area contributed by atoms with Gasteiger partial charge < -0.3 is 10.1 Å². The molecule has 0 saturated carbocycles. The van der Waals surface area contributed by atoms with Crippen LogP contribution in [-0.2, 0) is 19.6 Å². The Hall–Kier alpha value is -1.52. The zero-order chi connectivity index (χ0) is 15.1. The summed E-state index contributed by atoms with van der Waals surface area (Å²) in [5.41, 5.74) is 2.33. The molecule has 0 spiro atoms. The van der Waals surface area contributed by atoms with Gasteiger partial charge in [-0.15, -0.1) is 12.4 Å². The van der Waals surface area contributed by atoms with Crippen LogP contribution < -0.4 is 10.1 Å². The number of nitrogens with zero attached hydrogens (tertiary/aromatic N) is 2. The molecule has 0 radical (unpaired) electrons. The van der Waals surface area contributed by atoms with Gasteiger partial charge in [0, 0.05) is 25.8 Å². The van der Waals surface area contributed by atoms with E-state index in [0.29, 0.717) is 12.5 Å². The Bertz CT molecular complexity index is 537. The van der Waals surface area contributed by atoms with Crippen LogP contribution >= 0.6 is 12.4 Å². The normalized spacial score (nSPS) is 10.5. The number of rotatable bonds is 8. The Balaban J connectivity index is 0.00000242. The molecule has 4 nitrogen and oxygen atoms in total. The van der Waals surface area contributed by atoms with E-state index in [4.69, 9.17) is 4.74 Å². The van der Waals surface area contributed by atoms with Gasteiger partial charge >= 0.3 is 0 Å². The van der Waals surface area contributed by atoms with E-state index in [0.717, 1.165) is 31.1 Å². The summed E-state index contributed by atoms with van der Waals surface area (Å²) in [5.74, 6) is 1.54. The van der Waals surface area contributed by atoms with E-state index in [2.05, 4.69) is 42.5 Å². The van der Waals surface area contributed by atoms with E-state index in [1.54, 1.807) is 0 Å². The first kappa shape index (κ1) is 18.5. The highest BCUT2D eigenvalue weighted by molar-refractivity contribution is 5.85. The molecule has 0 aliphatic carbocycles. The summed E-state index contributed by atoms with van der Waals surface area (Å²) < 4.78 is 7.45. The standard InChI is InChI=1S/C17H25N3O.ClH/c1-4-21-17-7-5-15(6-8-17)11-18-12-16-9-10-20(19-16)13-14(2)3;/h5-10,14,18H,4,11-13H2,1-3H3;1H. The second-order valence-electron chi connectivity index (χ2n) is 5.60. The number of halogens is 1. The van der Waals surface area contributed by atoms with Crippen LogP contribution in [0.2, 0.25) is 0 Å². The van der Waals surface area contributed by atoms with Gasteiger partial charge in [-0.25, -0.2) is 0 Å². The van der Waals surface area contributed by atoms with E-state index in [-0.39, 0.29) is 12.4 Å². The van der Waals surface area contributed by atoms with E-state index < -0.39 is 0 Å². The number of nitrogens with one attached hydrogen (secondary N) is 1. The number of hydrogen-bond acceptors (Lipinski definition) is 3. The molecule has 0 aliphatic heterocycles. The van der Waals surface area contributed by atoms with Crippen LogP contribution in [0.4, 0.5) is 0 Å². The highest BCUT2D eigenvalue weighted by atomic mass is 35.5. The zero-order valence-electron chi connectivity index (χ0n) is 13.6.